The van der Waals surface area contributed by atoms with Gasteiger partial charge in [0.15, 0.2) is 5.13 Å². The van der Waals surface area contributed by atoms with Crippen LogP contribution < -0.4 is 9.64 Å². The molecule has 0 spiro atoms. The van der Waals surface area contributed by atoms with Crippen molar-refractivity contribution in [2.24, 2.45) is 0 Å². The lowest BCUT2D eigenvalue weighted by Crippen LogP contribution is -2.38. The number of nitrogens with zero attached hydrogens (tertiary/aromatic N) is 3. The first kappa shape index (κ1) is 24.1. The second-order valence-corrected chi connectivity index (χ2v) is 8.15. The topological polar surface area (TPSA) is 45.7 Å². The Balaban J connectivity index is 0.00000320. The quantitative estimate of drug-likeness (QED) is 0.468. The van der Waals surface area contributed by atoms with Gasteiger partial charge < -0.3 is 9.64 Å². The lowest BCUT2D eigenvalue weighted by Gasteiger charge is -2.24. The number of amides is 1. The molecule has 1 heterocycles. The molecule has 0 bridgehead atoms. The molecule has 0 radical (unpaired) electrons. The molecule has 5 nitrogen and oxygen atoms in total. The molecule has 0 unspecified atom stereocenters. The van der Waals surface area contributed by atoms with Gasteiger partial charge >= 0.3 is 0 Å². The predicted molar refractivity (Wildman–Crippen MR) is 129 cm³/mol. The summed E-state index contributed by atoms with van der Waals surface area (Å²) in [4.78, 5) is 22.4. The van der Waals surface area contributed by atoms with E-state index in [1.807, 2.05) is 29.2 Å². The van der Waals surface area contributed by atoms with E-state index in [9.17, 15) is 4.79 Å². The molecule has 162 valence electrons. The van der Waals surface area contributed by atoms with E-state index in [4.69, 9.17) is 9.72 Å². The average molecular weight is 448 g/mol. The summed E-state index contributed by atoms with van der Waals surface area (Å²) in [6, 6.07) is 11.5. The number of likely N-dealkylation sites (N-methyl/N-ethyl adjacent to an activating group) is 1. The third-order valence-electron chi connectivity index (χ3n) is 5.17. The van der Waals surface area contributed by atoms with Crippen molar-refractivity contribution in [2.75, 3.05) is 38.2 Å². The number of fused-ring (bicyclic) bond motifs is 1. The van der Waals surface area contributed by atoms with Crippen LogP contribution in [0.3, 0.4) is 0 Å². The van der Waals surface area contributed by atoms with Crippen LogP contribution in [0.15, 0.2) is 36.4 Å². The molecule has 1 amide bonds. The van der Waals surface area contributed by atoms with Crippen LogP contribution in [0, 0.1) is 13.8 Å². The van der Waals surface area contributed by atoms with Gasteiger partial charge in [0.25, 0.3) is 5.91 Å². The van der Waals surface area contributed by atoms with Gasteiger partial charge in [-0.05, 0) is 68.4 Å². The molecule has 0 aliphatic heterocycles. The average Bonchev–Trinajstić information content (AvgIpc) is 3.15. The molecule has 1 aromatic heterocycles. The summed E-state index contributed by atoms with van der Waals surface area (Å²) in [7, 11) is 1.62. The normalized spacial score (nSPS) is 10.9. The van der Waals surface area contributed by atoms with E-state index < -0.39 is 0 Å². The van der Waals surface area contributed by atoms with Crippen molar-refractivity contribution in [3.63, 3.8) is 0 Å². The van der Waals surface area contributed by atoms with Gasteiger partial charge in [-0.25, -0.2) is 4.98 Å². The highest BCUT2D eigenvalue weighted by Crippen LogP contribution is 2.32. The summed E-state index contributed by atoms with van der Waals surface area (Å²) in [6.45, 7) is 11.8. The summed E-state index contributed by atoms with van der Waals surface area (Å²) in [5.74, 6) is 0.704. The number of methoxy groups -OCH3 is 1. The number of benzene rings is 2. The van der Waals surface area contributed by atoms with Crippen LogP contribution in [0.25, 0.3) is 10.2 Å². The molecule has 3 aromatic rings. The third-order valence-corrected chi connectivity index (χ3v) is 6.19. The number of hydrogen-bond acceptors (Lipinski definition) is 5. The second kappa shape index (κ2) is 10.8. The summed E-state index contributed by atoms with van der Waals surface area (Å²) in [5.41, 5.74) is 3.97. The van der Waals surface area contributed by atoms with Crippen molar-refractivity contribution < 1.29 is 9.53 Å². The Bertz CT molecular complexity index is 984. The Morgan fingerprint density at radius 2 is 1.73 bits per heavy atom. The van der Waals surface area contributed by atoms with Gasteiger partial charge in [0, 0.05) is 18.7 Å². The molecule has 0 N–H and O–H groups in total. The van der Waals surface area contributed by atoms with Crippen molar-refractivity contribution in [1.82, 2.24) is 9.88 Å². The zero-order valence-corrected chi connectivity index (χ0v) is 19.9. The van der Waals surface area contributed by atoms with Gasteiger partial charge in [0.2, 0.25) is 0 Å². The number of halogens is 1. The highest BCUT2D eigenvalue weighted by Gasteiger charge is 2.22. The molecular weight excluding hydrogens is 418 g/mol. The van der Waals surface area contributed by atoms with Crippen LogP contribution in [0.4, 0.5) is 5.13 Å². The van der Waals surface area contributed by atoms with E-state index in [2.05, 4.69) is 44.7 Å². The van der Waals surface area contributed by atoms with Gasteiger partial charge in [-0.2, -0.15) is 0 Å². The third kappa shape index (κ3) is 5.31. The number of hydrogen-bond donors (Lipinski definition) is 0. The van der Waals surface area contributed by atoms with Crippen molar-refractivity contribution in [3.05, 3.63) is 53.1 Å². The van der Waals surface area contributed by atoms with Gasteiger partial charge in [0.05, 0.1) is 17.3 Å². The van der Waals surface area contributed by atoms with Crippen molar-refractivity contribution in [1.29, 1.82) is 0 Å². The maximum atomic E-state index is 13.4. The lowest BCUT2D eigenvalue weighted by atomic mass is 10.1. The number of rotatable bonds is 8. The van der Waals surface area contributed by atoms with Crippen molar-refractivity contribution in [3.8, 4) is 5.75 Å². The minimum atomic E-state index is -0.0340. The standard InChI is InChI=1S/C23H29N3O2S.ClH/c1-6-25(7-2)12-13-26(22(27)18-8-10-19(28-5)11-9-18)23-24-21-17(4)14-16(3)15-20(21)29-23;/h8-11,14-15H,6-7,12-13H2,1-5H3;1H. The van der Waals surface area contributed by atoms with Crippen LogP contribution in [0.1, 0.15) is 35.3 Å². The number of carbonyl (C=O) groups excluding carboxylic acids is 1. The zero-order valence-electron chi connectivity index (χ0n) is 18.3. The molecule has 0 fully saturated rings. The Morgan fingerprint density at radius 1 is 1.07 bits per heavy atom. The second-order valence-electron chi connectivity index (χ2n) is 7.14. The minimum Gasteiger partial charge on any atom is -0.497 e. The number of ether oxygens (including phenoxy) is 1. The van der Waals surface area contributed by atoms with E-state index in [0.29, 0.717) is 12.1 Å². The SMILES string of the molecule is CCN(CC)CCN(C(=O)c1ccc(OC)cc1)c1nc2c(C)cc(C)cc2s1.Cl. The fraction of sp³-hybridized carbons (Fsp3) is 0.391. The fourth-order valence-electron chi connectivity index (χ4n) is 3.43. The molecule has 0 aliphatic carbocycles. The van der Waals surface area contributed by atoms with Gasteiger partial charge in [-0.1, -0.05) is 31.3 Å². The van der Waals surface area contributed by atoms with E-state index in [0.717, 1.165) is 46.3 Å². The molecule has 0 aliphatic rings. The van der Waals surface area contributed by atoms with E-state index in [1.54, 1.807) is 18.4 Å². The highest BCUT2D eigenvalue weighted by atomic mass is 35.5. The molecule has 3 rings (SSSR count). The Labute approximate surface area is 189 Å². The predicted octanol–water partition coefficient (Wildman–Crippen LogP) is 5.33. The summed E-state index contributed by atoms with van der Waals surface area (Å²) in [5, 5.41) is 0.752. The van der Waals surface area contributed by atoms with Gasteiger partial charge in [0.1, 0.15) is 5.75 Å². The monoisotopic (exact) mass is 447 g/mol. The van der Waals surface area contributed by atoms with E-state index in [-0.39, 0.29) is 18.3 Å². The lowest BCUT2D eigenvalue weighted by molar-refractivity contribution is 0.0983. The molecule has 0 saturated carbocycles. The fourth-order valence-corrected chi connectivity index (χ4v) is 4.60. The zero-order chi connectivity index (χ0) is 21.0. The van der Waals surface area contributed by atoms with E-state index >= 15 is 0 Å². The van der Waals surface area contributed by atoms with Crippen LogP contribution in [0.2, 0.25) is 0 Å². The van der Waals surface area contributed by atoms with Crippen LogP contribution in [-0.4, -0.2) is 49.1 Å². The number of anilines is 1. The largest absolute Gasteiger partial charge is 0.497 e. The van der Waals surface area contributed by atoms with Crippen LogP contribution in [-0.2, 0) is 0 Å². The van der Waals surface area contributed by atoms with Gasteiger partial charge in [-0.3, -0.25) is 9.69 Å². The molecule has 0 saturated heterocycles. The molecule has 2 aromatic carbocycles. The summed E-state index contributed by atoms with van der Waals surface area (Å²) < 4.78 is 6.34. The Hall–Kier alpha value is -2.15. The van der Waals surface area contributed by atoms with Crippen LogP contribution in [0.5, 0.6) is 5.75 Å². The number of carbonyl (C=O) groups is 1. The smallest absolute Gasteiger partial charge is 0.260 e. The van der Waals surface area contributed by atoms with Crippen molar-refractivity contribution >= 4 is 45.0 Å². The number of aromatic nitrogens is 1. The maximum Gasteiger partial charge on any atom is 0.260 e. The van der Waals surface area contributed by atoms with E-state index in [1.165, 1.54) is 5.56 Å². The first-order valence-electron chi connectivity index (χ1n) is 10.0. The molecule has 7 heteroatoms. The molecule has 0 atom stereocenters. The first-order chi connectivity index (χ1) is 14.0. The van der Waals surface area contributed by atoms with Crippen LogP contribution >= 0.6 is 23.7 Å². The Kier molecular flexibility index (Phi) is 8.65. The number of aryl methyl sites for hydroxylation is 2. The summed E-state index contributed by atoms with van der Waals surface area (Å²) >= 11 is 1.58. The van der Waals surface area contributed by atoms with Gasteiger partial charge in [-0.15, -0.1) is 12.4 Å². The number of thiazole rings is 1. The maximum absolute atomic E-state index is 13.4. The Morgan fingerprint density at radius 3 is 2.33 bits per heavy atom. The highest BCUT2D eigenvalue weighted by molar-refractivity contribution is 7.22. The first-order valence-corrected chi connectivity index (χ1v) is 10.8. The van der Waals surface area contributed by atoms with Crippen molar-refractivity contribution in [2.45, 2.75) is 27.7 Å². The minimum absolute atomic E-state index is 0. The molecular formula is C23H30ClN3O2S. The molecule has 30 heavy (non-hydrogen) atoms. The summed E-state index contributed by atoms with van der Waals surface area (Å²) in [6.07, 6.45) is 0.